The number of hydrogen-bond acceptors (Lipinski definition) is 3. The van der Waals surface area contributed by atoms with Crippen LogP contribution in [-0.2, 0) is 0 Å². The summed E-state index contributed by atoms with van der Waals surface area (Å²) in [6.07, 6.45) is 4.68. The third-order valence-electron chi connectivity index (χ3n) is 1.73. The Morgan fingerprint density at radius 1 is 1.75 bits per heavy atom. The second-order valence-electron chi connectivity index (χ2n) is 2.56. The molecule has 4 heteroatoms. The number of aliphatic imine (C=N–C) groups is 1. The first kappa shape index (κ1) is 8.77. The molecule has 1 heterocycles. The summed E-state index contributed by atoms with van der Waals surface area (Å²) >= 11 is 0. The van der Waals surface area contributed by atoms with E-state index in [0.29, 0.717) is 0 Å². The summed E-state index contributed by atoms with van der Waals surface area (Å²) in [6.45, 7) is 1.88. The van der Waals surface area contributed by atoms with Gasteiger partial charge in [0.25, 0.3) is 0 Å². The fourth-order valence-corrected chi connectivity index (χ4v) is 0.970. The molecule has 0 fully saturated rings. The monoisotopic (exact) mass is 169 g/mol. The number of allylic oxidation sites excluding steroid dienone is 2. The van der Waals surface area contributed by atoms with Crippen LogP contribution in [0.4, 0.5) is 4.39 Å². The van der Waals surface area contributed by atoms with Crippen LogP contribution < -0.4 is 5.73 Å². The second kappa shape index (κ2) is 3.38. The zero-order valence-corrected chi connectivity index (χ0v) is 7.16. The van der Waals surface area contributed by atoms with E-state index < -0.39 is 5.83 Å². The van der Waals surface area contributed by atoms with Gasteiger partial charge in [0.15, 0.2) is 5.83 Å². The van der Waals surface area contributed by atoms with Crippen LogP contribution >= 0.6 is 0 Å². The Bertz CT molecular complexity index is 255. The van der Waals surface area contributed by atoms with Crippen LogP contribution in [0.5, 0.6) is 0 Å². The SMILES string of the molecule is C/C=C/C1N=CC(F)=C(N)N1C. The van der Waals surface area contributed by atoms with Crippen molar-refractivity contribution in [1.29, 1.82) is 0 Å². The van der Waals surface area contributed by atoms with Gasteiger partial charge in [-0.15, -0.1) is 0 Å². The van der Waals surface area contributed by atoms with Gasteiger partial charge >= 0.3 is 0 Å². The minimum absolute atomic E-state index is 0.133. The lowest BCUT2D eigenvalue weighted by atomic mass is 10.3. The molecule has 1 rings (SSSR count). The van der Waals surface area contributed by atoms with Crippen molar-refractivity contribution in [3.8, 4) is 0 Å². The Labute approximate surface area is 71.1 Å². The number of nitrogens with two attached hydrogens (primary N) is 1. The predicted molar refractivity (Wildman–Crippen MR) is 47.2 cm³/mol. The zero-order valence-electron chi connectivity index (χ0n) is 7.16. The molecule has 1 unspecified atom stereocenters. The molecular formula is C8H12FN3. The van der Waals surface area contributed by atoms with Crippen molar-refractivity contribution in [2.24, 2.45) is 10.7 Å². The van der Waals surface area contributed by atoms with E-state index in [1.165, 1.54) is 0 Å². The number of halogens is 1. The maximum atomic E-state index is 12.8. The highest BCUT2D eigenvalue weighted by molar-refractivity contribution is 5.77. The third-order valence-corrected chi connectivity index (χ3v) is 1.73. The van der Waals surface area contributed by atoms with Gasteiger partial charge in [-0.1, -0.05) is 6.08 Å². The highest BCUT2D eigenvalue weighted by Gasteiger charge is 2.17. The average Bonchev–Trinajstić information content (AvgIpc) is 2.07. The standard InChI is InChI=1S/C8H12FN3/c1-3-4-7-11-5-6(9)8(10)12(7)2/h3-5,7H,10H2,1-2H3/b4-3+. The molecule has 0 aromatic carbocycles. The van der Waals surface area contributed by atoms with Gasteiger partial charge < -0.3 is 10.6 Å². The normalized spacial score (nSPS) is 24.2. The summed E-state index contributed by atoms with van der Waals surface area (Å²) in [5, 5.41) is 0. The fraction of sp³-hybridized carbons (Fsp3) is 0.375. The molecule has 0 amide bonds. The van der Waals surface area contributed by atoms with Crippen molar-refractivity contribution in [3.63, 3.8) is 0 Å². The summed E-state index contributed by atoms with van der Waals surface area (Å²) in [6, 6.07) is 0. The molecular weight excluding hydrogens is 157 g/mol. The number of likely N-dealkylation sites (N-methyl/N-ethyl adjacent to an activating group) is 1. The highest BCUT2D eigenvalue weighted by atomic mass is 19.1. The van der Waals surface area contributed by atoms with E-state index in [-0.39, 0.29) is 12.0 Å². The maximum absolute atomic E-state index is 12.8. The molecule has 12 heavy (non-hydrogen) atoms. The Morgan fingerprint density at radius 3 is 3.00 bits per heavy atom. The van der Waals surface area contributed by atoms with Crippen molar-refractivity contribution in [2.45, 2.75) is 13.1 Å². The minimum Gasteiger partial charge on any atom is -0.383 e. The van der Waals surface area contributed by atoms with Crippen LogP contribution in [0, 0.1) is 0 Å². The molecule has 0 radical (unpaired) electrons. The first-order valence-corrected chi connectivity index (χ1v) is 3.71. The van der Waals surface area contributed by atoms with Gasteiger partial charge in [0.05, 0.1) is 6.21 Å². The van der Waals surface area contributed by atoms with Crippen LogP contribution in [0.3, 0.4) is 0 Å². The molecule has 66 valence electrons. The third kappa shape index (κ3) is 1.47. The Kier molecular flexibility index (Phi) is 2.47. The molecule has 3 nitrogen and oxygen atoms in total. The summed E-state index contributed by atoms with van der Waals surface area (Å²) in [5.41, 5.74) is 5.45. The van der Waals surface area contributed by atoms with Crippen molar-refractivity contribution in [2.75, 3.05) is 7.05 Å². The van der Waals surface area contributed by atoms with E-state index >= 15 is 0 Å². The molecule has 1 aliphatic heterocycles. The lowest BCUT2D eigenvalue weighted by molar-refractivity contribution is 0.338. The van der Waals surface area contributed by atoms with Crippen LogP contribution in [-0.4, -0.2) is 24.3 Å². The van der Waals surface area contributed by atoms with Crippen LogP contribution in [0.1, 0.15) is 6.92 Å². The van der Waals surface area contributed by atoms with E-state index in [1.807, 2.05) is 19.1 Å². The zero-order chi connectivity index (χ0) is 9.14. The predicted octanol–water partition coefficient (Wildman–Crippen LogP) is 1.00. The van der Waals surface area contributed by atoms with Crippen molar-refractivity contribution in [3.05, 3.63) is 23.8 Å². The quantitative estimate of drug-likeness (QED) is 0.595. The number of nitrogens with zero attached hydrogens (tertiary/aromatic N) is 2. The number of hydrogen-bond donors (Lipinski definition) is 1. The number of rotatable bonds is 1. The van der Waals surface area contributed by atoms with Gasteiger partial charge in [0.1, 0.15) is 12.0 Å². The van der Waals surface area contributed by atoms with E-state index in [9.17, 15) is 4.39 Å². The summed E-state index contributed by atoms with van der Waals surface area (Å²) in [4.78, 5) is 5.51. The lowest BCUT2D eigenvalue weighted by Crippen LogP contribution is -2.35. The van der Waals surface area contributed by atoms with E-state index in [4.69, 9.17) is 5.73 Å². The lowest BCUT2D eigenvalue weighted by Gasteiger charge is -2.27. The fourth-order valence-electron chi connectivity index (χ4n) is 0.970. The van der Waals surface area contributed by atoms with Crippen molar-refractivity contribution < 1.29 is 4.39 Å². The Hall–Kier alpha value is -1.32. The largest absolute Gasteiger partial charge is 0.383 e. The first-order chi connectivity index (χ1) is 5.66. The van der Waals surface area contributed by atoms with Crippen LogP contribution in [0.2, 0.25) is 0 Å². The average molecular weight is 169 g/mol. The maximum Gasteiger partial charge on any atom is 0.180 e. The van der Waals surface area contributed by atoms with Crippen molar-refractivity contribution >= 4 is 6.21 Å². The Morgan fingerprint density at radius 2 is 2.42 bits per heavy atom. The van der Waals surface area contributed by atoms with Gasteiger partial charge in [0.2, 0.25) is 0 Å². The molecule has 1 atom stereocenters. The van der Waals surface area contributed by atoms with Gasteiger partial charge in [0, 0.05) is 7.05 Å². The van der Waals surface area contributed by atoms with Crippen molar-refractivity contribution in [1.82, 2.24) is 4.90 Å². The Balaban J connectivity index is 2.84. The van der Waals surface area contributed by atoms with Gasteiger partial charge in [-0.2, -0.15) is 0 Å². The molecule has 2 N–H and O–H groups in total. The van der Waals surface area contributed by atoms with Gasteiger partial charge in [-0.3, -0.25) is 4.99 Å². The van der Waals surface area contributed by atoms with E-state index in [1.54, 1.807) is 11.9 Å². The molecule has 0 spiro atoms. The van der Waals surface area contributed by atoms with E-state index in [2.05, 4.69) is 4.99 Å². The molecule has 0 aromatic rings. The first-order valence-electron chi connectivity index (χ1n) is 3.71. The summed E-state index contributed by atoms with van der Waals surface area (Å²) < 4.78 is 12.8. The topological polar surface area (TPSA) is 41.6 Å². The summed E-state index contributed by atoms with van der Waals surface area (Å²) in [7, 11) is 1.70. The van der Waals surface area contributed by atoms with Crippen LogP contribution in [0.25, 0.3) is 0 Å². The second-order valence-corrected chi connectivity index (χ2v) is 2.56. The molecule has 1 aliphatic rings. The smallest absolute Gasteiger partial charge is 0.180 e. The molecule has 0 bridgehead atoms. The molecule has 0 saturated carbocycles. The van der Waals surface area contributed by atoms with E-state index in [0.717, 1.165) is 6.21 Å². The highest BCUT2D eigenvalue weighted by Crippen LogP contribution is 2.14. The molecule has 0 aromatic heterocycles. The van der Waals surface area contributed by atoms with Gasteiger partial charge in [-0.05, 0) is 13.0 Å². The minimum atomic E-state index is -0.474. The molecule has 0 saturated heterocycles. The van der Waals surface area contributed by atoms with Gasteiger partial charge in [-0.25, -0.2) is 4.39 Å². The van der Waals surface area contributed by atoms with Crippen LogP contribution in [0.15, 0.2) is 28.8 Å². The molecule has 0 aliphatic carbocycles. The summed E-state index contributed by atoms with van der Waals surface area (Å²) in [5.74, 6) is -0.341.